The number of aryl methyl sites for hydroxylation is 1. The molecule has 0 unspecified atom stereocenters. The Kier molecular flexibility index (Phi) is 3.13. The van der Waals surface area contributed by atoms with Crippen molar-refractivity contribution in [1.29, 1.82) is 0 Å². The molecule has 1 N–H and O–H groups in total. The number of nitrogens with one attached hydrogen (secondary N) is 1. The van der Waals surface area contributed by atoms with Gasteiger partial charge in [0.05, 0.1) is 5.69 Å². The molecule has 1 aliphatic heterocycles. The van der Waals surface area contributed by atoms with Gasteiger partial charge in [0.1, 0.15) is 11.5 Å². The number of carbonyl (C=O) groups is 1. The van der Waals surface area contributed by atoms with Gasteiger partial charge in [-0.2, -0.15) is 0 Å². The number of pyridine rings is 1. The highest BCUT2D eigenvalue weighted by Crippen LogP contribution is 2.14. The fourth-order valence-electron chi connectivity index (χ4n) is 2.00. The summed E-state index contributed by atoms with van der Waals surface area (Å²) < 4.78 is 0. The average molecular weight is 263 g/mol. The smallest absolute Gasteiger partial charge is 0.275 e. The SMILES string of the molecule is Cc1cccc(C2=N/C(=C/c3ccccn3)C(=O)N2)c1. The first-order chi connectivity index (χ1) is 9.72. The number of hydrogen-bond donors (Lipinski definition) is 1. The number of carbonyl (C=O) groups excluding carboxylic acids is 1. The maximum absolute atomic E-state index is 11.9. The van der Waals surface area contributed by atoms with Gasteiger partial charge < -0.3 is 5.32 Å². The molecule has 1 aromatic carbocycles. The second-order valence-electron chi connectivity index (χ2n) is 4.57. The van der Waals surface area contributed by atoms with Crippen LogP contribution >= 0.6 is 0 Å². The largest absolute Gasteiger partial charge is 0.305 e. The van der Waals surface area contributed by atoms with Crippen LogP contribution in [-0.2, 0) is 4.79 Å². The topological polar surface area (TPSA) is 54.4 Å². The molecule has 0 atom stereocenters. The van der Waals surface area contributed by atoms with Gasteiger partial charge in [-0.05, 0) is 31.2 Å². The van der Waals surface area contributed by atoms with Crippen LogP contribution in [0, 0.1) is 6.92 Å². The summed E-state index contributed by atoms with van der Waals surface area (Å²) in [5.74, 6) is 0.382. The predicted molar refractivity (Wildman–Crippen MR) is 78.1 cm³/mol. The van der Waals surface area contributed by atoms with E-state index in [9.17, 15) is 4.79 Å². The predicted octanol–water partition coefficient (Wildman–Crippen LogP) is 2.31. The van der Waals surface area contributed by atoms with Gasteiger partial charge in [0.25, 0.3) is 5.91 Å². The molecule has 98 valence electrons. The van der Waals surface area contributed by atoms with Gasteiger partial charge in [0, 0.05) is 11.8 Å². The maximum Gasteiger partial charge on any atom is 0.275 e. The van der Waals surface area contributed by atoms with E-state index in [2.05, 4.69) is 15.3 Å². The fraction of sp³-hybridized carbons (Fsp3) is 0.0625. The molecule has 0 spiro atoms. The third-order valence-electron chi connectivity index (χ3n) is 2.96. The minimum absolute atomic E-state index is 0.202. The molecule has 0 fully saturated rings. The van der Waals surface area contributed by atoms with Crippen molar-refractivity contribution >= 4 is 17.8 Å². The number of aliphatic imine (C=N–C) groups is 1. The molecule has 3 rings (SSSR count). The molecule has 0 radical (unpaired) electrons. The zero-order valence-corrected chi connectivity index (χ0v) is 11.0. The number of nitrogens with zero attached hydrogens (tertiary/aromatic N) is 2. The van der Waals surface area contributed by atoms with Crippen LogP contribution < -0.4 is 5.32 Å². The normalized spacial score (nSPS) is 16.1. The van der Waals surface area contributed by atoms with Crippen LogP contribution in [0.5, 0.6) is 0 Å². The van der Waals surface area contributed by atoms with Crippen LogP contribution in [0.2, 0.25) is 0 Å². The second kappa shape index (κ2) is 5.09. The third kappa shape index (κ3) is 2.49. The fourth-order valence-corrected chi connectivity index (χ4v) is 2.00. The molecule has 4 nitrogen and oxygen atoms in total. The minimum atomic E-state index is -0.202. The lowest BCUT2D eigenvalue weighted by Crippen LogP contribution is -2.24. The number of hydrogen-bond acceptors (Lipinski definition) is 3. The van der Waals surface area contributed by atoms with E-state index in [1.54, 1.807) is 12.3 Å². The van der Waals surface area contributed by atoms with Crippen molar-refractivity contribution in [1.82, 2.24) is 10.3 Å². The molecule has 1 aliphatic rings. The first kappa shape index (κ1) is 12.3. The molecule has 0 aliphatic carbocycles. The van der Waals surface area contributed by atoms with Crippen LogP contribution in [0.3, 0.4) is 0 Å². The van der Waals surface area contributed by atoms with Crippen molar-refractivity contribution in [3.05, 3.63) is 71.2 Å². The molecule has 0 saturated heterocycles. The van der Waals surface area contributed by atoms with E-state index in [0.29, 0.717) is 17.2 Å². The highest BCUT2D eigenvalue weighted by molar-refractivity contribution is 6.19. The Morgan fingerprint density at radius 3 is 2.80 bits per heavy atom. The van der Waals surface area contributed by atoms with E-state index in [-0.39, 0.29) is 5.91 Å². The van der Waals surface area contributed by atoms with Crippen molar-refractivity contribution < 1.29 is 4.79 Å². The lowest BCUT2D eigenvalue weighted by atomic mass is 10.1. The van der Waals surface area contributed by atoms with Gasteiger partial charge in [-0.15, -0.1) is 0 Å². The molecule has 4 heteroatoms. The van der Waals surface area contributed by atoms with Gasteiger partial charge in [0.2, 0.25) is 0 Å². The molecular formula is C16H13N3O. The first-order valence-corrected chi connectivity index (χ1v) is 6.32. The van der Waals surface area contributed by atoms with E-state index in [4.69, 9.17) is 0 Å². The summed E-state index contributed by atoms with van der Waals surface area (Å²) in [6, 6.07) is 13.4. The Hall–Kier alpha value is -2.75. The number of aromatic nitrogens is 1. The Bertz CT molecular complexity index is 718. The number of amidine groups is 1. The Balaban J connectivity index is 1.95. The monoisotopic (exact) mass is 263 g/mol. The lowest BCUT2D eigenvalue weighted by Gasteiger charge is -2.00. The minimum Gasteiger partial charge on any atom is -0.305 e. The Labute approximate surface area is 116 Å². The zero-order chi connectivity index (χ0) is 13.9. The van der Waals surface area contributed by atoms with E-state index in [0.717, 1.165) is 11.1 Å². The number of rotatable bonds is 2. The van der Waals surface area contributed by atoms with E-state index in [1.807, 2.05) is 49.4 Å². The molecule has 1 amide bonds. The summed E-state index contributed by atoms with van der Waals surface area (Å²) >= 11 is 0. The number of amides is 1. The average Bonchev–Trinajstić information content (AvgIpc) is 2.81. The summed E-state index contributed by atoms with van der Waals surface area (Å²) in [4.78, 5) is 20.4. The van der Waals surface area contributed by atoms with Crippen LogP contribution in [0.1, 0.15) is 16.8 Å². The van der Waals surface area contributed by atoms with Crippen LogP contribution in [0.15, 0.2) is 59.4 Å². The van der Waals surface area contributed by atoms with Crippen LogP contribution in [0.25, 0.3) is 6.08 Å². The first-order valence-electron chi connectivity index (χ1n) is 6.32. The van der Waals surface area contributed by atoms with Gasteiger partial charge in [-0.3, -0.25) is 9.78 Å². The van der Waals surface area contributed by atoms with Gasteiger partial charge in [0.15, 0.2) is 0 Å². The van der Waals surface area contributed by atoms with Crippen molar-refractivity contribution in [3.8, 4) is 0 Å². The van der Waals surface area contributed by atoms with E-state index >= 15 is 0 Å². The Morgan fingerprint density at radius 2 is 2.05 bits per heavy atom. The van der Waals surface area contributed by atoms with Crippen molar-refractivity contribution in [2.75, 3.05) is 0 Å². The summed E-state index contributed by atoms with van der Waals surface area (Å²) in [6.45, 7) is 2.01. The molecule has 1 aromatic heterocycles. The van der Waals surface area contributed by atoms with Crippen LogP contribution in [-0.4, -0.2) is 16.7 Å². The second-order valence-corrected chi connectivity index (χ2v) is 4.57. The van der Waals surface area contributed by atoms with E-state index in [1.165, 1.54) is 0 Å². The maximum atomic E-state index is 11.9. The molecule has 2 aromatic rings. The molecular weight excluding hydrogens is 250 g/mol. The number of benzene rings is 1. The van der Waals surface area contributed by atoms with Gasteiger partial charge in [-0.25, -0.2) is 4.99 Å². The van der Waals surface area contributed by atoms with Crippen molar-refractivity contribution in [2.24, 2.45) is 4.99 Å². The summed E-state index contributed by atoms with van der Waals surface area (Å²) in [6.07, 6.45) is 3.36. The molecule has 20 heavy (non-hydrogen) atoms. The molecule has 0 bridgehead atoms. The molecule has 2 heterocycles. The zero-order valence-electron chi connectivity index (χ0n) is 11.0. The third-order valence-corrected chi connectivity index (χ3v) is 2.96. The highest BCUT2D eigenvalue weighted by atomic mass is 16.2. The van der Waals surface area contributed by atoms with Gasteiger partial charge in [-0.1, -0.05) is 29.8 Å². The highest BCUT2D eigenvalue weighted by Gasteiger charge is 2.21. The molecule has 0 saturated carbocycles. The van der Waals surface area contributed by atoms with Gasteiger partial charge >= 0.3 is 0 Å². The Morgan fingerprint density at radius 1 is 1.15 bits per heavy atom. The summed E-state index contributed by atoms with van der Waals surface area (Å²) in [5.41, 5.74) is 3.12. The standard InChI is InChI=1S/C16H13N3O/c1-11-5-4-6-12(9-11)15-18-14(16(20)19-15)10-13-7-2-3-8-17-13/h2-10H,1H3,(H,18,19,20)/b14-10+. The summed E-state index contributed by atoms with van der Waals surface area (Å²) in [7, 11) is 0. The van der Waals surface area contributed by atoms with Crippen LogP contribution in [0.4, 0.5) is 0 Å². The summed E-state index contributed by atoms with van der Waals surface area (Å²) in [5, 5.41) is 2.78. The van der Waals surface area contributed by atoms with Crippen molar-refractivity contribution in [2.45, 2.75) is 6.92 Å². The lowest BCUT2D eigenvalue weighted by molar-refractivity contribution is -0.115. The van der Waals surface area contributed by atoms with E-state index < -0.39 is 0 Å². The quantitative estimate of drug-likeness (QED) is 0.845. The van der Waals surface area contributed by atoms with Crippen molar-refractivity contribution in [3.63, 3.8) is 0 Å².